The van der Waals surface area contributed by atoms with Gasteiger partial charge in [-0.2, -0.15) is 0 Å². The van der Waals surface area contributed by atoms with E-state index in [-0.39, 0.29) is 0 Å². The average molecular weight is 863 g/mol. The zero-order chi connectivity index (χ0) is 44.2. The SMILES string of the molecule is Cc1cc2cc(C(=N)N(C)C)ccc2[nH]1.Cc1cc2cc(C(=N)N(C)C)ccc2s1.Cc1cc2cc(C3=NCCN3C)ccc2[nH]1.Cc1cc2cc(C3=NCCN3C)ccc2s1. The van der Waals surface area contributed by atoms with E-state index in [4.69, 9.17) is 10.8 Å². The molecule has 0 bridgehead atoms. The van der Waals surface area contributed by atoms with E-state index < -0.39 is 0 Å². The van der Waals surface area contributed by atoms with Crippen LogP contribution in [0.25, 0.3) is 42.0 Å². The molecule has 62 heavy (non-hydrogen) atoms. The molecular weight excluding hydrogens is 805 g/mol. The third kappa shape index (κ3) is 10.1. The maximum Gasteiger partial charge on any atom is 0.130 e. The molecular formula is C50H58N10S2. The summed E-state index contributed by atoms with van der Waals surface area (Å²) in [4.78, 5) is 26.4. The summed E-state index contributed by atoms with van der Waals surface area (Å²) in [6.45, 7) is 12.3. The summed E-state index contributed by atoms with van der Waals surface area (Å²) in [5, 5.41) is 20.8. The smallest absolute Gasteiger partial charge is 0.130 e. The van der Waals surface area contributed by atoms with Crippen molar-refractivity contribution in [2.75, 3.05) is 68.5 Å². The predicted octanol–water partition coefficient (Wildman–Crippen LogP) is 10.5. The number of H-pyrrole nitrogens is 2. The van der Waals surface area contributed by atoms with Gasteiger partial charge in [-0.1, -0.05) is 0 Å². The van der Waals surface area contributed by atoms with Crippen LogP contribution in [0.15, 0.2) is 107 Å². The lowest BCUT2D eigenvalue weighted by Gasteiger charge is -2.13. The molecule has 0 amide bonds. The Labute approximate surface area is 373 Å². The van der Waals surface area contributed by atoms with Gasteiger partial charge in [0, 0.05) is 130 Å². The number of amidine groups is 4. The summed E-state index contributed by atoms with van der Waals surface area (Å²) in [5.74, 6) is 3.34. The van der Waals surface area contributed by atoms with E-state index in [1.54, 1.807) is 16.2 Å². The van der Waals surface area contributed by atoms with Crippen molar-refractivity contribution >= 4 is 88.0 Å². The molecule has 10 nitrogen and oxygen atoms in total. The third-order valence-electron chi connectivity index (χ3n) is 10.9. The number of benzene rings is 4. The van der Waals surface area contributed by atoms with Gasteiger partial charge in [0.25, 0.3) is 0 Å². The molecule has 10 rings (SSSR count). The maximum atomic E-state index is 7.90. The van der Waals surface area contributed by atoms with Gasteiger partial charge in [-0.25, -0.2) is 0 Å². The zero-order valence-electron chi connectivity index (χ0n) is 37.6. The molecule has 0 aliphatic carbocycles. The second kappa shape index (κ2) is 18.8. The van der Waals surface area contributed by atoms with Crippen molar-refractivity contribution < 1.29 is 0 Å². The third-order valence-corrected chi connectivity index (χ3v) is 12.9. The van der Waals surface area contributed by atoms with Gasteiger partial charge in [-0.05, 0) is 136 Å². The van der Waals surface area contributed by atoms with Crippen molar-refractivity contribution in [3.63, 3.8) is 0 Å². The van der Waals surface area contributed by atoms with Crippen molar-refractivity contribution in [2.45, 2.75) is 27.7 Å². The topological polar surface area (TPSA) is 117 Å². The molecule has 0 spiro atoms. The Morgan fingerprint density at radius 3 is 1.42 bits per heavy atom. The Balaban J connectivity index is 0.000000124. The average Bonchev–Trinajstić information content (AvgIpc) is 4.10. The lowest BCUT2D eigenvalue weighted by molar-refractivity contribution is 0.557. The lowest BCUT2D eigenvalue weighted by atomic mass is 10.1. The highest BCUT2D eigenvalue weighted by atomic mass is 32.1. The first-order valence-electron chi connectivity index (χ1n) is 20.9. The van der Waals surface area contributed by atoms with Gasteiger partial charge < -0.3 is 29.6 Å². The number of aromatic nitrogens is 2. The van der Waals surface area contributed by atoms with Crippen LogP contribution in [0.3, 0.4) is 0 Å². The summed E-state index contributed by atoms with van der Waals surface area (Å²) in [5.41, 5.74) is 9.06. The second-order valence-electron chi connectivity index (χ2n) is 16.5. The molecule has 6 heterocycles. The number of thiophene rings is 2. The van der Waals surface area contributed by atoms with Gasteiger partial charge in [0.05, 0.1) is 13.1 Å². The van der Waals surface area contributed by atoms with Crippen LogP contribution in [-0.2, 0) is 0 Å². The molecule has 0 saturated carbocycles. The second-order valence-corrected chi connectivity index (χ2v) is 19.0. The number of rotatable bonds is 4. The zero-order valence-corrected chi connectivity index (χ0v) is 39.2. The molecule has 4 aromatic heterocycles. The van der Waals surface area contributed by atoms with Crippen molar-refractivity contribution in [2.24, 2.45) is 9.98 Å². The van der Waals surface area contributed by atoms with Crippen LogP contribution in [0.4, 0.5) is 0 Å². The van der Waals surface area contributed by atoms with Crippen LogP contribution in [0, 0.1) is 38.5 Å². The number of hydrogen-bond acceptors (Lipinski definition) is 8. The number of hydrogen-bond donors (Lipinski definition) is 4. The molecule has 0 atom stereocenters. The molecule has 4 N–H and O–H groups in total. The molecule has 0 saturated heterocycles. The summed E-state index contributed by atoms with van der Waals surface area (Å²) in [6, 6.07) is 34.0. The molecule has 4 aromatic carbocycles. The largest absolute Gasteiger partial charge is 0.363 e. The lowest BCUT2D eigenvalue weighted by Crippen LogP contribution is -2.23. The molecule has 8 aromatic rings. The first kappa shape index (κ1) is 43.8. The van der Waals surface area contributed by atoms with E-state index in [0.29, 0.717) is 11.7 Å². The highest BCUT2D eigenvalue weighted by molar-refractivity contribution is 7.19. The Hall–Kier alpha value is -6.24. The van der Waals surface area contributed by atoms with E-state index in [2.05, 4.69) is 137 Å². The van der Waals surface area contributed by atoms with E-state index in [9.17, 15) is 0 Å². The first-order chi connectivity index (χ1) is 29.6. The predicted molar refractivity (Wildman–Crippen MR) is 268 cm³/mol. The molecule has 12 heteroatoms. The summed E-state index contributed by atoms with van der Waals surface area (Å²) >= 11 is 3.65. The molecule has 0 fully saturated rings. The minimum Gasteiger partial charge on any atom is -0.363 e. The van der Waals surface area contributed by atoms with Gasteiger partial charge in [0.1, 0.15) is 23.3 Å². The van der Waals surface area contributed by atoms with Crippen LogP contribution in [0.5, 0.6) is 0 Å². The number of nitrogens with one attached hydrogen (secondary N) is 4. The van der Waals surface area contributed by atoms with E-state index in [0.717, 1.165) is 65.6 Å². The van der Waals surface area contributed by atoms with Crippen molar-refractivity contribution in [1.29, 1.82) is 10.8 Å². The molecule has 320 valence electrons. The van der Waals surface area contributed by atoms with Gasteiger partial charge >= 0.3 is 0 Å². The standard InChI is InChI=1S/C13H15N3.C13H14N2S.C12H15N3.C12H14N2S/c1-9-7-11-8-10(3-4-12(11)15-9)13-14-5-6-16(13)2;1-9-7-11-8-10(3-4-12(11)16-9)13-14-5-6-15(13)2;1-8-6-10-7-9(12(13)15(2)3)4-5-11(10)14-8;1-8-6-10-7-9(12(13)14(2)3)4-5-11(10)15-8/h3-4,7-8,15H,5-6H2,1-2H3;3-4,7-8H,5-6H2,1-2H3;4-7,13-14H,1-3H3;4-7,13H,1-3H3. The van der Waals surface area contributed by atoms with Crippen molar-refractivity contribution in [1.82, 2.24) is 29.6 Å². The summed E-state index contributed by atoms with van der Waals surface area (Å²) in [7, 11) is 11.8. The van der Waals surface area contributed by atoms with E-state index >= 15 is 0 Å². The van der Waals surface area contributed by atoms with E-state index in [1.165, 1.54) is 57.7 Å². The van der Waals surface area contributed by atoms with Crippen LogP contribution in [0.2, 0.25) is 0 Å². The number of aliphatic imine (C=N–C) groups is 2. The van der Waals surface area contributed by atoms with E-state index in [1.807, 2.05) is 75.6 Å². The molecule has 2 aliphatic rings. The Bertz CT molecular complexity index is 2760. The number of nitrogens with zero attached hydrogens (tertiary/aromatic N) is 6. The fraction of sp³-hybridized carbons (Fsp3) is 0.280. The van der Waals surface area contributed by atoms with Crippen LogP contribution >= 0.6 is 22.7 Å². The Kier molecular flexibility index (Phi) is 13.3. The van der Waals surface area contributed by atoms with Gasteiger partial charge in [0.2, 0.25) is 0 Å². The Morgan fingerprint density at radius 2 is 0.935 bits per heavy atom. The van der Waals surface area contributed by atoms with Crippen LogP contribution in [0.1, 0.15) is 43.4 Å². The number of likely N-dealkylation sites (N-methyl/N-ethyl adjacent to an activating group) is 2. The summed E-state index contributed by atoms with van der Waals surface area (Å²) in [6.07, 6.45) is 0. The minimum atomic E-state index is 0.538. The number of aromatic amines is 2. The van der Waals surface area contributed by atoms with Crippen molar-refractivity contribution in [3.05, 3.63) is 140 Å². The van der Waals surface area contributed by atoms with Gasteiger partial charge in [0.15, 0.2) is 0 Å². The molecule has 2 aliphatic heterocycles. The van der Waals surface area contributed by atoms with Gasteiger partial charge in [-0.3, -0.25) is 20.8 Å². The normalized spacial score (nSPS) is 13.3. The Morgan fingerprint density at radius 1 is 0.532 bits per heavy atom. The van der Waals surface area contributed by atoms with Crippen LogP contribution in [-0.4, -0.2) is 121 Å². The fourth-order valence-corrected chi connectivity index (χ4v) is 9.49. The highest BCUT2D eigenvalue weighted by Crippen LogP contribution is 2.28. The minimum absolute atomic E-state index is 0.538. The highest BCUT2D eigenvalue weighted by Gasteiger charge is 2.16. The number of fused-ring (bicyclic) bond motifs is 4. The molecule has 0 radical (unpaired) electrons. The van der Waals surface area contributed by atoms with Crippen molar-refractivity contribution in [3.8, 4) is 0 Å². The number of aryl methyl sites for hydroxylation is 4. The quantitative estimate of drug-likeness (QED) is 0.104. The maximum absolute atomic E-state index is 7.90. The molecule has 0 unspecified atom stereocenters. The first-order valence-corrected chi connectivity index (χ1v) is 22.5. The monoisotopic (exact) mass is 862 g/mol. The van der Waals surface area contributed by atoms with Gasteiger partial charge in [-0.15, -0.1) is 22.7 Å². The van der Waals surface area contributed by atoms with Crippen LogP contribution < -0.4 is 0 Å². The fourth-order valence-electron chi connectivity index (χ4n) is 7.69. The summed E-state index contributed by atoms with van der Waals surface area (Å²) < 4.78 is 2.66.